The number of hydrogen-bond acceptors (Lipinski definition) is 3. The minimum absolute atomic E-state index is 0.0151. The number of carbonyl (C=O) groups is 2. The van der Waals surface area contributed by atoms with Crippen molar-refractivity contribution in [3.8, 4) is 10.4 Å². The van der Waals surface area contributed by atoms with E-state index in [4.69, 9.17) is 0 Å². The fourth-order valence-corrected chi connectivity index (χ4v) is 4.92. The number of hydrogen-bond donors (Lipinski definition) is 0. The molecule has 6 heteroatoms. The van der Waals surface area contributed by atoms with Gasteiger partial charge in [-0.15, -0.1) is 11.3 Å². The van der Waals surface area contributed by atoms with E-state index in [0.717, 1.165) is 36.1 Å². The number of amides is 2. The average Bonchev–Trinajstić information content (AvgIpc) is 3.40. The van der Waals surface area contributed by atoms with Crippen molar-refractivity contribution in [2.75, 3.05) is 26.2 Å². The van der Waals surface area contributed by atoms with Crippen LogP contribution in [0.5, 0.6) is 0 Å². The lowest BCUT2D eigenvalue weighted by atomic mass is 10.1. The largest absolute Gasteiger partial charge is 0.339 e. The van der Waals surface area contributed by atoms with Crippen LogP contribution in [0.4, 0.5) is 4.39 Å². The molecule has 2 amide bonds. The summed E-state index contributed by atoms with van der Waals surface area (Å²) in [5.41, 5.74) is 0.910. The zero-order valence-electron chi connectivity index (χ0n) is 15.2. The maximum absolute atomic E-state index is 13.1. The van der Waals surface area contributed by atoms with E-state index in [9.17, 15) is 14.0 Å². The van der Waals surface area contributed by atoms with E-state index in [-0.39, 0.29) is 23.5 Å². The fraction of sp³-hybridized carbons (Fsp3) is 0.429. The van der Waals surface area contributed by atoms with Crippen LogP contribution in [0.1, 0.15) is 35.4 Å². The Balaban J connectivity index is 1.37. The monoisotopic (exact) mass is 386 g/mol. The number of carbonyl (C=O) groups excluding carboxylic acids is 2. The van der Waals surface area contributed by atoms with Gasteiger partial charge < -0.3 is 9.80 Å². The lowest BCUT2D eigenvalue weighted by Gasteiger charge is -2.35. The van der Waals surface area contributed by atoms with Gasteiger partial charge in [-0.2, -0.15) is 0 Å². The standard InChI is InChI=1S/C21H23FN2O2S/c22-17-7-5-15(6-8-17)18-9-10-19(27-18)21(26)24-13-11-23(12-14-24)20(25)16-3-1-2-4-16/h5-10,16H,1-4,11-14H2. The van der Waals surface area contributed by atoms with Crippen LogP contribution in [0.25, 0.3) is 10.4 Å². The average molecular weight is 386 g/mol. The SMILES string of the molecule is O=C(c1ccc(-c2ccc(F)cc2)s1)N1CCN(C(=O)C2CCCC2)CC1. The van der Waals surface area contributed by atoms with Gasteiger partial charge in [0.1, 0.15) is 5.82 Å². The first-order chi connectivity index (χ1) is 13.1. The van der Waals surface area contributed by atoms with Gasteiger partial charge >= 0.3 is 0 Å². The molecule has 27 heavy (non-hydrogen) atoms. The molecule has 0 radical (unpaired) electrons. The molecule has 0 unspecified atom stereocenters. The Bertz CT molecular complexity index is 819. The summed E-state index contributed by atoms with van der Waals surface area (Å²) in [4.78, 5) is 30.7. The molecular formula is C21H23FN2O2S. The number of thiophene rings is 1. The summed E-state index contributed by atoms with van der Waals surface area (Å²) < 4.78 is 13.1. The first-order valence-corrected chi connectivity index (χ1v) is 10.4. The van der Waals surface area contributed by atoms with E-state index in [2.05, 4.69) is 0 Å². The maximum atomic E-state index is 13.1. The van der Waals surface area contributed by atoms with E-state index in [1.165, 1.54) is 23.5 Å². The summed E-state index contributed by atoms with van der Waals surface area (Å²) in [6.45, 7) is 2.41. The van der Waals surface area contributed by atoms with Crippen LogP contribution >= 0.6 is 11.3 Å². The number of piperazine rings is 1. The number of nitrogens with zero attached hydrogens (tertiary/aromatic N) is 2. The Morgan fingerprint density at radius 3 is 2.19 bits per heavy atom. The van der Waals surface area contributed by atoms with Crippen LogP contribution < -0.4 is 0 Å². The predicted octanol–water partition coefficient (Wildman–Crippen LogP) is 4.03. The number of rotatable bonds is 3. The van der Waals surface area contributed by atoms with Crippen molar-refractivity contribution >= 4 is 23.2 Å². The van der Waals surface area contributed by atoms with Gasteiger partial charge in [-0.1, -0.05) is 25.0 Å². The molecule has 4 nitrogen and oxygen atoms in total. The third kappa shape index (κ3) is 3.90. The normalized spacial score (nSPS) is 18.1. The van der Waals surface area contributed by atoms with Gasteiger partial charge in [0.25, 0.3) is 5.91 Å². The highest BCUT2D eigenvalue weighted by Gasteiger charge is 2.31. The predicted molar refractivity (Wildman–Crippen MR) is 104 cm³/mol. The van der Waals surface area contributed by atoms with E-state index < -0.39 is 0 Å². The first-order valence-electron chi connectivity index (χ1n) is 9.55. The molecule has 0 spiro atoms. The molecule has 2 fully saturated rings. The Morgan fingerprint density at radius 1 is 0.889 bits per heavy atom. The lowest BCUT2D eigenvalue weighted by molar-refractivity contribution is -0.136. The van der Waals surface area contributed by atoms with Gasteiger partial charge in [0.15, 0.2) is 0 Å². The molecule has 1 aromatic carbocycles. The second-order valence-electron chi connectivity index (χ2n) is 7.27. The highest BCUT2D eigenvalue weighted by atomic mass is 32.1. The van der Waals surface area contributed by atoms with Crippen LogP contribution in [-0.2, 0) is 4.79 Å². The van der Waals surface area contributed by atoms with Crippen molar-refractivity contribution in [1.29, 1.82) is 0 Å². The smallest absolute Gasteiger partial charge is 0.264 e. The molecule has 2 aliphatic rings. The minimum Gasteiger partial charge on any atom is -0.339 e. The summed E-state index contributed by atoms with van der Waals surface area (Å²) >= 11 is 1.43. The molecule has 2 heterocycles. The minimum atomic E-state index is -0.267. The number of benzene rings is 1. The van der Waals surface area contributed by atoms with Crippen molar-refractivity contribution in [2.45, 2.75) is 25.7 Å². The Labute approximate surface area is 162 Å². The molecule has 1 saturated carbocycles. The highest BCUT2D eigenvalue weighted by Crippen LogP contribution is 2.30. The third-order valence-corrected chi connectivity index (χ3v) is 6.65. The van der Waals surface area contributed by atoms with Crippen LogP contribution in [0.15, 0.2) is 36.4 Å². The summed E-state index contributed by atoms with van der Waals surface area (Å²) in [6, 6.07) is 10.0. The fourth-order valence-electron chi connectivity index (χ4n) is 3.94. The van der Waals surface area contributed by atoms with Crippen molar-refractivity contribution in [3.05, 3.63) is 47.1 Å². The molecule has 1 saturated heterocycles. The summed E-state index contributed by atoms with van der Waals surface area (Å²) in [7, 11) is 0. The zero-order valence-corrected chi connectivity index (χ0v) is 16.0. The van der Waals surface area contributed by atoms with Crippen molar-refractivity contribution in [1.82, 2.24) is 9.80 Å². The van der Waals surface area contributed by atoms with Crippen LogP contribution in [-0.4, -0.2) is 47.8 Å². The topological polar surface area (TPSA) is 40.6 Å². The quantitative estimate of drug-likeness (QED) is 0.799. The maximum Gasteiger partial charge on any atom is 0.264 e. The molecule has 0 bridgehead atoms. The zero-order chi connectivity index (χ0) is 18.8. The van der Waals surface area contributed by atoms with Crippen LogP contribution in [0.3, 0.4) is 0 Å². The Kier molecular flexibility index (Phi) is 5.25. The van der Waals surface area contributed by atoms with E-state index in [1.54, 1.807) is 12.1 Å². The van der Waals surface area contributed by atoms with E-state index >= 15 is 0 Å². The van der Waals surface area contributed by atoms with Gasteiger partial charge in [0.05, 0.1) is 4.88 Å². The van der Waals surface area contributed by atoms with Gasteiger partial charge in [-0.05, 0) is 42.7 Å². The molecule has 0 atom stereocenters. The summed E-state index contributed by atoms with van der Waals surface area (Å²) in [6.07, 6.45) is 4.34. The number of halogens is 1. The van der Waals surface area contributed by atoms with Crippen molar-refractivity contribution in [3.63, 3.8) is 0 Å². The van der Waals surface area contributed by atoms with Gasteiger partial charge in [-0.25, -0.2) is 4.39 Å². The van der Waals surface area contributed by atoms with E-state index in [1.807, 2.05) is 21.9 Å². The van der Waals surface area contributed by atoms with E-state index in [0.29, 0.717) is 31.1 Å². The first kappa shape index (κ1) is 18.2. The molecule has 2 aromatic rings. The Hall–Kier alpha value is -2.21. The molecule has 142 valence electrons. The van der Waals surface area contributed by atoms with Gasteiger partial charge in [-0.3, -0.25) is 9.59 Å². The second kappa shape index (κ2) is 7.80. The highest BCUT2D eigenvalue weighted by molar-refractivity contribution is 7.17. The summed E-state index contributed by atoms with van der Waals surface area (Å²) in [5, 5.41) is 0. The van der Waals surface area contributed by atoms with Crippen LogP contribution in [0, 0.1) is 11.7 Å². The molecular weight excluding hydrogens is 363 g/mol. The van der Waals surface area contributed by atoms with Crippen LogP contribution in [0.2, 0.25) is 0 Å². The molecule has 1 aliphatic carbocycles. The molecule has 0 N–H and O–H groups in total. The molecule has 1 aliphatic heterocycles. The molecule has 1 aromatic heterocycles. The van der Waals surface area contributed by atoms with Gasteiger partial charge in [0.2, 0.25) is 5.91 Å². The van der Waals surface area contributed by atoms with Crippen molar-refractivity contribution in [2.24, 2.45) is 5.92 Å². The lowest BCUT2D eigenvalue weighted by Crippen LogP contribution is -2.51. The Morgan fingerprint density at radius 2 is 1.52 bits per heavy atom. The summed E-state index contributed by atoms with van der Waals surface area (Å²) in [5.74, 6) is 0.218. The van der Waals surface area contributed by atoms with Crippen molar-refractivity contribution < 1.29 is 14.0 Å². The second-order valence-corrected chi connectivity index (χ2v) is 8.35. The van der Waals surface area contributed by atoms with Gasteiger partial charge in [0, 0.05) is 37.0 Å². The molecule has 4 rings (SSSR count). The third-order valence-electron chi connectivity index (χ3n) is 5.53.